The molecule has 1 fully saturated rings. The molecule has 1 saturated heterocycles. The second kappa shape index (κ2) is 4.15. The number of rotatable bonds is 1. The predicted molar refractivity (Wildman–Crippen MR) is 73.6 cm³/mol. The van der Waals surface area contributed by atoms with Gasteiger partial charge in [-0.05, 0) is 46.2 Å². The van der Waals surface area contributed by atoms with Crippen molar-refractivity contribution in [1.29, 1.82) is 0 Å². The van der Waals surface area contributed by atoms with Crippen molar-refractivity contribution in [1.82, 2.24) is 0 Å². The van der Waals surface area contributed by atoms with Gasteiger partial charge < -0.3 is 14.4 Å². The molecule has 0 atom stereocenters. The summed E-state index contributed by atoms with van der Waals surface area (Å²) in [6.45, 7) is 9.80. The summed E-state index contributed by atoms with van der Waals surface area (Å²) in [5.74, 6) is 0.181. The van der Waals surface area contributed by atoms with Crippen LogP contribution in [0.5, 0.6) is 5.75 Å². The molecule has 1 aliphatic heterocycles. The minimum atomic E-state index is -0.498. The monoisotopic (exact) mass is 268 g/mol. The number of hydrogen-bond donors (Lipinski definition) is 1. The van der Waals surface area contributed by atoms with E-state index in [0.717, 1.165) is 11.0 Å². The molecule has 1 N–H and O–H groups in total. The highest BCUT2D eigenvalue weighted by molar-refractivity contribution is 6.65. The first-order chi connectivity index (χ1) is 8.14. The molecule has 0 amide bonds. The fourth-order valence-electron chi connectivity index (χ4n) is 1.84. The molecule has 1 aliphatic rings. The fraction of sp³-hybridized carbons (Fsp3) is 0.538. The summed E-state index contributed by atoms with van der Waals surface area (Å²) in [5.41, 5.74) is 0.717. The molecule has 5 heteroatoms. The molecule has 3 nitrogen and oxygen atoms in total. The van der Waals surface area contributed by atoms with E-state index in [-0.39, 0.29) is 5.75 Å². The molecule has 0 saturated carbocycles. The average Bonchev–Trinajstić information content (AvgIpc) is 2.42. The van der Waals surface area contributed by atoms with Gasteiger partial charge in [0.2, 0.25) is 0 Å². The number of aryl methyl sites for hydroxylation is 1. The van der Waals surface area contributed by atoms with E-state index in [0.29, 0.717) is 5.02 Å². The Morgan fingerprint density at radius 1 is 1.11 bits per heavy atom. The lowest BCUT2D eigenvalue weighted by atomic mass is 9.78. The van der Waals surface area contributed by atoms with Crippen LogP contribution >= 0.6 is 11.6 Å². The van der Waals surface area contributed by atoms with Crippen molar-refractivity contribution in [2.75, 3.05) is 0 Å². The Morgan fingerprint density at radius 3 is 2.11 bits per heavy atom. The van der Waals surface area contributed by atoms with E-state index in [2.05, 4.69) is 0 Å². The standard InChI is InChI=1S/C13H18BClO3/c1-8-6-9(10(15)7-11(8)16)14-17-12(2,3)13(4,5)18-14/h6-7,16H,1-5H3. The van der Waals surface area contributed by atoms with E-state index in [1.54, 1.807) is 6.07 Å². The van der Waals surface area contributed by atoms with E-state index < -0.39 is 18.3 Å². The average molecular weight is 269 g/mol. The summed E-state index contributed by atoms with van der Waals surface area (Å²) in [4.78, 5) is 0. The van der Waals surface area contributed by atoms with Gasteiger partial charge in [-0.2, -0.15) is 0 Å². The molecule has 1 aromatic rings. The van der Waals surface area contributed by atoms with Gasteiger partial charge in [-0.3, -0.25) is 0 Å². The summed E-state index contributed by atoms with van der Waals surface area (Å²) < 4.78 is 11.9. The fourth-order valence-corrected chi connectivity index (χ4v) is 2.09. The zero-order valence-corrected chi connectivity index (χ0v) is 12.1. The summed E-state index contributed by atoms with van der Waals surface area (Å²) in [6, 6.07) is 3.33. The molecule has 2 rings (SSSR count). The van der Waals surface area contributed by atoms with Crippen LogP contribution in [0.25, 0.3) is 0 Å². The van der Waals surface area contributed by atoms with Crippen LogP contribution in [0.15, 0.2) is 12.1 Å². The molecule has 18 heavy (non-hydrogen) atoms. The largest absolute Gasteiger partial charge is 0.508 e. The topological polar surface area (TPSA) is 38.7 Å². The lowest BCUT2D eigenvalue weighted by Crippen LogP contribution is -2.41. The summed E-state index contributed by atoms with van der Waals surface area (Å²) in [5, 5.41) is 10.1. The number of aromatic hydroxyl groups is 1. The van der Waals surface area contributed by atoms with Crippen LogP contribution in [0.2, 0.25) is 5.02 Å². The van der Waals surface area contributed by atoms with E-state index >= 15 is 0 Å². The smallest absolute Gasteiger partial charge is 0.496 e. The van der Waals surface area contributed by atoms with E-state index in [1.807, 2.05) is 34.6 Å². The van der Waals surface area contributed by atoms with E-state index in [9.17, 15) is 5.11 Å². The second-order valence-corrected chi connectivity index (χ2v) is 6.16. The van der Waals surface area contributed by atoms with Gasteiger partial charge in [-0.15, -0.1) is 0 Å². The number of halogens is 1. The molecular formula is C13H18BClO3. The molecule has 0 aromatic heterocycles. The Hall–Kier alpha value is -0.705. The van der Waals surface area contributed by atoms with Crippen molar-refractivity contribution in [2.45, 2.75) is 45.8 Å². The van der Waals surface area contributed by atoms with Crippen LogP contribution in [-0.2, 0) is 9.31 Å². The molecule has 1 aromatic carbocycles. The lowest BCUT2D eigenvalue weighted by Gasteiger charge is -2.32. The van der Waals surface area contributed by atoms with Gasteiger partial charge in [0.1, 0.15) is 5.75 Å². The first kappa shape index (κ1) is 13.7. The SMILES string of the molecule is Cc1cc(B2OC(C)(C)C(C)(C)O2)c(Cl)cc1O. The molecule has 0 spiro atoms. The second-order valence-electron chi connectivity index (χ2n) is 5.75. The summed E-state index contributed by atoms with van der Waals surface area (Å²) in [6.07, 6.45) is 0. The number of phenolic OH excluding ortho intramolecular Hbond substituents is 1. The Labute approximate surface area is 113 Å². The minimum Gasteiger partial charge on any atom is -0.508 e. The summed E-state index contributed by atoms with van der Waals surface area (Å²) >= 11 is 6.15. The van der Waals surface area contributed by atoms with E-state index in [1.165, 1.54) is 6.07 Å². The molecule has 0 bridgehead atoms. The maximum absolute atomic E-state index is 9.61. The highest BCUT2D eigenvalue weighted by Crippen LogP contribution is 2.37. The van der Waals surface area contributed by atoms with Gasteiger partial charge in [-0.25, -0.2) is 0 Å². The van der Waals surface area contributed by atoms with Crippen molar-refractivity contribution < 1.29 is 14.4 Å². The quantitative estimate of drug-likeness (QED) is 0.796. The predicted octanol–water partition coefficient (Wildman–Crippen LogP) is 2.65. The number of hydrogen-bond acceptors (Lipinski definition) is 3. The molecule has 1 heterocycles. The number of benzene rings is 1. The summed E-state index contributed by atoms with van der Waals surface area (Å²) in [7, 11) is -0.498. The van der Waals surface area contributed by atoms with Crippen LogP contribution in [0.1, 0.15) is 33.3 Å². The van der Waals surface area contributed by atoms with E-state index in [4.69, 9.17) is 20.9 Å². The zero-order chi connectivity index (χ0) is 13.7. The highest BCUT2D eigenvalue weighted by atomic mass is 35.5. The van der Waals surface area contributed by atoms with Crippen molar-refractivity contribution in [3.63, 3.8) is 0 Å². The van der Waals surface area contributed by atoms with Crippen molar-refractivity contribution >= 4 is 24.2 Å². The Bertz CT molecular complexity index is 469. The van der Waals surface area contributed by atoms with Gasteiger partial charge in [0.15, 0.2) is 0 Å². The third kappa shape index (κ3) is 2.13. The molecule has 0 aliphatic carbocycles. The van der Waals surface area contributed by atoms with Gasteiger partial charge in [0, 0.05) is 10.5 Å². The first-order valence-electron chi connectivity index (χ1n) is 5.99. The normalized spacial score (nSPS) is 21.3. The van der Waals surface area contributed by atoms with Gasteiger partial charge in [-0.1, -0.05) is 17.7 Å². The lowest BCUT2D eigenvalue weighted by molar-refractivity contribution is 0.00578. The maximum atomic E-state index is 9.61. The zero-order valence-electron chi connectivity index (χ0n) is 11.4. The van der Waals surface area contributed by atoms with Gasteiger partial charge in [0.05, 0.1) is 11.2 Å². The van der Waals surface area contributed by atoms with Crippen molar-refractivity contribution in [3.05, 3.63) is 22.7 Å². The first-order valence-corrected chi connectivity index (χ1v) is 6.36. The maximum Gasteiger partial charge on any atom is 0.496 e. The number of phenols is 1. The Morgan fingerprint density at radius 2 is 1.61 bits per heavy atom. The minimum absolute atomic E-state index is 0.181. The Balaban J connectivity index is 2.38. The van der Waals surface area contributed by atoms with Crippen molar-refractivity contribution in [3.8, 4) is 5.75 Å². The van der Waals surface area contributed by atoms with Gasteiger partial charge in [0.25, 0.3) is 0 Å². The molecule has 0 radical (unpaired) electrons. The van der Waals surface area contributed by atoms with Crippen LogP contribution in [0.4, 0.5) is 0 Å². The third-order valence-electron chi connectivity index (χ3n) is 3.82. The van der Waals surface area contributed by atoms with Crippen LogP contribution in [-0.4, -0.2) is 23.4 Å². The van der Waals surface area contributed by atoms with Crippen LogP contribution < -0.4 is 5.46 Å². The van der Waals surface area contributed by atoms with Gasteiger partial charge >= 0.3 is 7.12 Å². The highest BCUT2D eigenvalue weighted by Gasteiger charge is 2.52. The van der Waals surface area contributed by atoms with Crippen LogP contribution in [0, 0.1) is 6.92 Å². The van der Waals surface area contributed by atoms with Crippen LogP contribution in [0.3, 0.4) is 0 Å². The molecule has 0 unspecified atom stereocenters. The Kier molecular flexibility index (Phi) is 3.17. The molecule has 98 valence electrons. The van der Waals surface area contributed by atoms with Crippen molar-refractivity contribution in [2.24, 2.45) is 0 Å². The third-order valence-corrected chi connectivity index (χ3v) is 4.15. The molecular weight excluding hydrogens is 250 g/mol.